The van der Waals surface area contributed by atoms with Crippen molar-refractivity contribution in [1.29, 1.82) is 0 Å². The largest absolute Gasteiger partial charge is 0.330 e. The lowest BCUT2D eigenvalue weighted by atomic mass is 9.74. The molecule has 0 radical (unpaired) electrons. The van der Waals surface area contributed by atoms with E-state index in [9.17, 15) is 0 Å². The van der Waals surface area contributed by atoms with Crippen molar-refractivity contribution in [2.24, 2.45) is 23.0 Å². The zero-order valence-corrected chi connectivity index (χ0v) is 8.65. The molecule has 2 N–H and O–H groups in total. The third-order valence-corrected chi connectivity index (χ3v) is 2.62. The smallest absolute Gasteiger partial charge is 0.00464 e. The van der Waals surface area contributed by atoms with Gasteiger partial charge >= 0.3 is 0 Å². The Labute approximate surface area is 71.4 Å². The molecule has 1 heteroatoms. The van der Waals surface area contributed by atoms with Crippen LogP contribution in [0, 0.1) is 17.3 Å². The molecule has 0 heterocycles. The quantitative estimate of drug-likeness (QED) is 0.667. The molecule has 0 aromatic rings. The zero-order chi connectivity index (χ0) is 9.07. The van der Waals surface area contributed by atoms with Crippen LogP contribution >= 0.6 is 0 Å². The van der Waals surface area contributed by atoms with Gasteiger partial charge in [0.1, 0.15) is 0 Å². The minimum Gasteiger partial charge on any atom is -0.330 e. The average molecular weight is 157 g/mol. The van der Waals surface area contributed by atoms with Gasteiger partial charge < -0.3 is 5.73 Å². The standard InChI is InChI=1S/C10H23N/c1-8(2)6-10(4,5)9(3)7-11/h8-9H,6-7,11H2,1-5H3. The summed E-state index contributed by atoms with van der Waals surface area (Å²) in [6, 6.07) is 0. The summed E-state index contributed by atoms with van der Waals surface area (Å²) in [5, 5.41) is 0. The van der Waals surface area contributed by atoms with Gasteiger partial charge in [-0.3, -0.25) is 0 Å². The maximum atomic E-state index is 5.63. The highest BCUT2D eigenvalue weighted by Gasteiger charge is 2.25. The lowest BCUT2D eigenvalue weighted by molar-refractivity contribution is 0.190. The molecule has 11 heavy (non-hydrogen) atoms. The van der Waals surface area contributed by atoms with Crippen LogP contribution in [-0.4, -0.2) is 6.54 Å². The molecule has 0 amide bonds. The topological polar surface area (TPSA) is 26.0 Å². The van der Waals surface area contributed by atoms with Gasteiger partial charge in [0.25, 0.3) is 0 Å². The summed E-state index contributed by atoms with van der Waals surface area (Å²) < 4.78 is 0. The summed E-state index contributed by atoms with van der Waals surface area (Å²) in [5.74, 6) is 1.41. The first-order valence-electron chi connectivity index (χ1n) is 4.60. The minimum absolute atomic E-state index is 0.406. The SMILES string of the molecule is CC(C)CC(C)(C)C(C)CN. The number of rotatable bonds is 4. The van der Waals surface area contributed by atoms with Gasteiger partial charge in [0.15, 0.2) is 0 Å². The van der Waals surface area contributed by atoms with E-state index in [1.807, 2.05) is 0 Å². The van der Waals surface area contributed by atoms with E-state index in [2.05, 4.69) is 34.6 Å². The number of nitrogens with two attached hydrogens (primary N) is 1. The summed E-state index contributed by atoms with van der Waals surface area (Å²) in [5.41, 5.74) is 6.04. The van der Waals surface area contributed by atoms with Crippen LogP contribution in [-0.2, 0) is 0 Å². The summed E-state index contributed by atoms with van der Waals surface area (Å²) in [4.78, 5) is 0. The van der Waals surface area contributed by atoms with E-state index >= 15 is 0 Å². The molecule has 0 aromatic carbocycles. The molecule has 1 atom stereocenters. The van der Waals surface area contributed by atoms with Gasteiger partial charge in [-0.25, -0.2) is 0 Å². The summed E-state index contributed by atoms with van der Waals surface area (Å²) in [7, 11) is 0. The molecule has 0 fully saturated rings. The monoisotopic (exact) mass is 157 g/mol. The summed E-state index contributed by atoms with van der Waals surface area (Å²) in [6.45, 7) is 12.2. The second kappa shape index (κ2) is 4.10. The fourth-order valence-corrected chi connectivity index (χ4v) is 1.57. The van der Waals surface area contributed by atoms with Crippen molar-refractivity contribution in [3.8, 4) is 0 Å². The number of hydrogen-bond donors (Lipinski definition) is 1. The fraction of sp³-hybridized carbons (Fsp3) is 1.00. The molecule has 0 saturated carbocycles. The van der Waals surface area contributed by atoms with Crippen LogP contribution in [0.1, 0.15) is 41.0 Å². The second-order valence-corrected chi connectivity index (χ2v) is 4.72. The summed E-state index contributed by atoms with van der Waals surface area (Å²) >= 11 is 0. The molecule has 0 saturated heterocycles. The zero-order valence-electron chi connectivity index (χ0n) is 8.65. The van der Waals surface area contributed by atoms with E-state index in [0.29, 0.717) is 11.3 Å². The fourth-order valence-electron chi connectivity index (χ4n) is 1.57. The number of hydrogen-bond acceptors (Lipinski definition) is 1. The average Bonchev–Trinajstić information content (AvgIpc) is 1.83. The predicted octanol–water partition coefficient (Wildman–Crippen LogP) is 2.65. The van der Waals surface area contributed by atoms with Crippen molar-refractivity contribution < 1.29 is 0 Å². The minimum atomic E-state index is 0.406. The van der Waals surface area contributed by atoms with Gasteiger partial charge in [-0.15, -0.1) is 0 Å². The van der Waals surface area contributed by atoms with Crippen LogP contribution in [0.5, 0.6) is 0 Å². The highest BCUT2D eigenvalue weighted by molar-refractivity contribution is 4.76. The molecule has 0 aromatic heterocycles. The molecule has 0 rings (SSSR count). The van der Waals surface area contributed by atoms with E-state index in [4.69, 9.17) is 5.73 Å². The Bertz CT molecular complexity index is 105. The Balaban J connectivity index is 3.98. The molecule has 1 unspecified atom stereocenters. The Morgan fingerprint density at radius 1 is 1.18 bits per heavy atom. The molecule has 0 aliphatic rings. The highest BCUT2D eigenvalue weighted by Crippen LogP contribution is 2.32. The lowest BCUT2D eigenvalue weighted by Gasteiger charge is -2.32. The van der Waals surface area contributed by atoms with E-state index in [1.54, 1.807) is 0 Å². The summed E-state index contributed by atoms with van der Waals surface area (Å²) in [6.07, 6.45) is 1.27. The first-order valence-corrected chi connectivity index (χ1v) is 4.60. The van der Waals surface area contributed by atoms with Crippen LogP contribution in [0.3, 0.4) is 0 Å². The maximum Gasteiger partial charge on any atom is -0.00464 e. The van der Waals surface area contributed by atoms with Gasteiger partial charge in [-0.05, 0) is 30.2 Å². The molecule has 0 aliphatic heterocycles. The van der Waals surface area contributed by atoms with Crippen molar-refractivity contribution in [3.05, 3.63) is 0 Å². The predicted molar refractivity (Wildman–Crippen MR) is 51.5 cm³/mol. The van der Waals surface area contributed by atoms with Crippen molar-refractivity contribution in [2.45, 2.75) is 41.0 Å². The van der Waals surface area contributed by atoms with Crippen molar-refractivity contribution in [2.75, 3.05) is 6.54 Å². The first-order chi connectivity index (χ1) is 4.90. The van der Waals surface area contributed by atoms with Gasteiger partial charge in [0.05, 0.1) is 0 Å². The normalized spacial score (nSPS) is 15.5. The molecule has 68 valence electrons. The van der Waals surface area contributed by atoms with Gasteiger partial charge in [-0.2, -0.15) is 0 Å². The first kappa shape index (κ1) is 11.0. The van der Waals surface area contributed by atoms with Crippen molar-refractivity contribution in [1.82, 2.24) is 0 Å². The Morgan fingerprint density at radius 2 is 1.64 bits per heavy atom. The van der Waals surface area contributed by atoms with Crippen LogP contribution in [0.4, 0.5) is 0 Å². The third-order valence-electron chi connectivity index (χ3n) is 2.62. The van der Waals surface area contributed by atoms with Gasteiger partial charge in [-0.1, -0.05) is 34.6 Å². The third kappa shape index (κ3) is 3.76. The molecular formula is C10H23N. The van der Waals surface area contributed by atoms with Crippen LogP contribution in [0.2, 0.25) is 0 Å². The highest BCUT2D eigenvalue weighted by atomic mass is 14.6. The Morgan fingerprint density at radius 3 is 1.91 bits per heavy atom. The van der Waals surface area contributed by atoms with E-state index in [0.717, 1.165) is 12.5 Å². The van der Waals surface area contributed by atoms with Crippen molar-refractivity contribution >= 4 is 0 Å². The van der Waals surface area contributed by atoms with E-state index in [1.165, 1.54) is 6.42 Å². The molecular weight excluding hydrogens is 134 g/mol. The second-order valence-electron chi connectivity index (χ2n) is 4.72. The van der Waals surface area contributed by atoms with E-state index in [-0.39, 0.29) is 0 Å². The molecule has 0 aliphatic carbocycles. The maximum absolute atomic E-state index is 5.63. The molecule has 0 bridgehead atoms. The Kier molecular flexibility index (Phi) is 4.09. The molecule has 1 nitrogen and oxygen atoms in total. The van der Waals surface area contributed by atoms with Crippen molar-refractivity contribution in [3.63, 3.8) is 0 Å². The van der Waals surface area contributed by atoms with Gasteiger partial charge in [0, 0.05) is 0 Å². The lowest BCUT2D eigenvalue weighted by Crippen LogP contribution is -2.29. The molecule has 0 spiro atoms. The van der Waals surface area contributed by atoms with Crippen LogP contribution < -0.4 is 5.73 Å². The van der Waals surface area contributed by atoms with Crippen LogP contribution in [0.15, 0.2) is 0 Å². The van der Waals surface area contributed by atoms with Crippen LogP contribution in [0.25, 0.3) is 0 Å². The Hall–Kier alpha value is -0.0400. The van der Waals surface area contributed by atoms with E-state index < -0.39 is 0 Å². The van der Waals surface area contributed by atoms with Gasteiger partial charge in [0.2, 0.25) is 0 Å².